The number of nitrogens with zero attached hydrogens (tertiary/aromatic N) is 4. The Morgan fingerprint density at radius 2 is 0.810 bits per heavy atom. The van der Waals surface area contributed by atoms with E-state index in [1.54, 1.807) is 0 Å². The Bertz CT molecular complexity index is 3290. The lowest BCUT2D eigenvalue weighted by Gasteiger charge is -2.16. The second-order valence-electron chi connectivity index (χ2n) is 14.5. The molecule has 0 aliphatic rings. The van der Waals surface area contributed by atoms with Crippen LogP contribution in [0.25, 0.3) is 99.6 Å². The second-order valence-corrected chi connectivity index (χ2v) is 14.5. The molecule has 0 aliphatic heterocycles. The van der Waals surface area contributed by atoms with Gasteiger partial charge in [0.2, 0.25) is 0 Å². The third-order valence-electron chi connectivity index (χ3n) is 10.9. The Morgan fingerprint density at radius 1 is 0.328 bits per heavy atom. The smallest absolute Gasteiger partial charge is 0.160 e. The van der Waals surface area contributed by atoms with Crippen molar-refractivity contribution < 1.29 is 0 Å². The molecule has 0 aliphatic carbocycles. The number of aromatic nitrogens is 2. The summed E-state index contributed by atoms with van der Waals surface area (Å²) in [6.07, 6.45) is 0. The van der Waals surface area contributed by atoms with E-state index in [1.165, 1.54) is 16.2 Å². The molecule has 9 aromatic carbocycles. The summed E-state index contributed by atoms with van der Waals surface area (Å²) in [6, 6.07) is 71.2. The van der Waals surface area contributed by atoms with Gasteiger partial charge in [-0.05, 0) is 109 Å². The molecule has 0 fully saturated rings. The molecule has 1 aromatic heterocycles. The molecule has 0 radical (unpaired) electrons. The van der Waals surface area contributed by atoms with Crippen LogP contribution in [0.3, 0.4) is 0 Å². The highest BCUT2D eigenvalue weighted by molar-refractivity contribution is 6.06. The lowest BCUT2D eigenvalue weighted by atomic mass is 9.91. The molecule has 0 saturated heterocycles. The Kier molecular flexibility index (Phi) is 8.57. The summed E-state index contributed by atoms with van der Waals surface area (Å²) in [6.45, 7) is 0. The van der Waals surface area contributed by atoms with Crippen molar-refractivity contribution in [1.29, 1.82) is 10.5 Å². The van der Waals surface area contributed by atoms with Gasteiger partial charge in [0.15, 0.2) is 5.82 Å². The standard InChI is InChI=1S/C54H32N4/c55-33-35-7-5-13-43(27-35)39-15-21-41(22-16-39)52-51-32-49(47-25-19-37-9-1-3-11-45(37)29-47)31-50(48-26-20-38-10-2-4-12-46(38)30-48)53(51)58-54(57-52)42-23-17-40(18-24-42)44-14-6-8-36(28-44)34-56/h1-32H. The fraction of sp³-hybridized carbons (Fsp3) is 0. The van der Waals surface area contributed by atoms with Crippen molar-refractivity contribution in [3.63, 3.8) is 0 Å². The maximum Gasteiger partial charge on any atom is 0.160 e. The number of hydrogen-bond donors (Lipinski definition) is 0. The monoisotopic (exact) mass is 736 g/mol. The Labute approximate surface area is 336 Å². The SMILES string of the molecule is N#Cc1cccc(-c2ccc(-c3nc(-c4ccc(-c5cccc(C#N)c5)cc4)c4cc(-c5ccc6ccccc6c5)cc(-c5ccc6ccccc6c5)c4n3)cc2)c1. The summed E-state index contributed by atoms with van der Waals surface area (Å²) >= 11 is 0. The van der Waals surface area contributed by atoms with Crippen LogP contribution in [0.4, 0.5) is 0 Å². The van der Waals surface area contributed by atoms with Crippen LogP contribution in [-0.4, -0.2) is 9.97 Å². The Morgan fingerprint density at radius 3 is 1.40 bits per heavy atom. The van der Waals surface area contributed by atoms with Crippen LogP contribution in [0.1, 0.15) is 11.1 Å². The van der Waals surface area contributed by atoms with Crippen molar-refractivity contribution >= 4 is 32.4 Å². The molecule has 10 aromatic rings. The van der Waals surface area contributed by atoms with Gasteiger partial charge >= 0.3 is 0 Å². The molecule has 0 spiro atoms. The molecule has 0 saturated carbocycles. The molecular weight excluding hydrogens is 705 g/mol. The normalized spacial score (nSPS) is 11.1. The zero-order valence-corrected chi connectivity index (χ0v) is 31.3. The molecule has 0 unspecified atom stereocenters. The van der Waals surface area contributed by atoms with E-state index in [0.29, 0.717) is 17.0 Å². The van der Waals surface area contributed by atoms with E-state index in [4.69, 9.17) is 9.97 Å². The molecule has 10 rings (SSSR count). The first-order valence-electron chi connectivity index (χ1n) is 19.2. The number of nitriles is 2. The van der Waals surface area contributed by atoms with Crippen LogP contribution >= 0.6 is 0 Å². The predicted octanol–water partition coefficient (Wildman–Crippen LogP) is 13.7. The van der Waals surface area contributed by atoms with Gasteiger partial charge in [-0.15, -0.1) is 0 Å². The van der Waals surface area contributed by atoms with Crippen molar-refractivity contribution in [2.75, 3.05) is 0 Å². The van der Waals surface area contributed by atoms with Gasteiger partial charge in [-0.1, -0.05) is 146 Å². The molecule has 0 N–H and O–H groups in total. The van der Waals surface area contributed by atoms with E-state index in [-0.39, 0.29) is 0 Å². The van der Waals surface area contributed by atoms with Crippen LogP contribution < -0.4 is 0 Å². The van der Waals surface area contributed by atoms with E-state index in [2.05, 4.69) is 158 Å². The zero-order chi connectivity index (χ0) is 39.0. The van der Waals surface area contributed by atoms with E-state index in [0.717, 1.165) is 77.6 Å². The van der Waals surface area contributed by atoms with Gasteiger partial charge in [-0.25, -0.2) is 9.97 Å². The average Bonchev–Trinajstić information content (AvgIpc) is 3.30. The third kappa shape index (κ3) is 6.42. The molecule has 0 atom stereocenters. The fourth-order valence-corrected chi connectivity index (χ4v) is 7.86. The van der Waals surface area contributed by atoms with Crippen LogP contribution in [-0.2, 0) is 0 Å². The summed E-state index contributed by atoms with van der Waals surface area (Å²) in [5.41, 5.74) is 13.0. The zero-order valence-electron chi connectivity index (χ0n) is 31.3. The first kappa shape index (κ1) is 34.3. The van der Waals surface area contributed by atoms with E-state index < -0.39 is 0 Å². The quantitative estimate of drug-likeness (QED) is 0.170. The fourth-order valence-electron chi connectivity index (χ4n) is 7.86. The summed E-state index contributed by atoms with van der Waals surface area (Å²) in [7, 11) is 0. The molecule has 4 heteroatoms. The lowest BCUT2D eigenvalue weighted by Crippen LogP contribution is -1.98. The third-order valence-corrected chi connectivity index (χ3v) is 10.9. The highest BCUT2D eigenvalue weighted by Crippen LogP contribution is 2.40. The van der Waals surface area contributed by atoms with Crippen molar-refractivity contribution in [2.24, 2.45) is 0 Å². The maximum atomic E-state index is 9.55. The van der Waals surface area contributed by atoms with Gasteiger partial charge < -0.3 is 0 Å². The van der Waals surface area contributed by atoms with Crippen molar-refractivity contribution in [3.05, 3.63) is 205 Å². The maximum absolute atomic E-state index is 9.55. The summed E-state index contributed by atoms with van der Waals surface area (Å²) in [5, 5.41) is 24.7. The predicted molar refractivity (Wildman–Crippen MR) is 237 cm³/mol. The van der Waals surface area contributed by atoms with Crippen LogP contribution in [0, 0.1) is 22.7 Å². The van der Waals surface area contributed by atoms with Gasteiger partial charge in [-0.3, -0.25) is 0 Å². The first-order chi connectivity index (χ1) is 28.6. The van der Waals surface area contributed by atoms with E-state index in [1.807, 2.05) is 48.5 Å². The number of fused-ring (bicyclic) bond motifs is 3. The van der Waals surface area contributed by atoms with Gasteiger partial charge in [0, 0.05) is 22.1 Å². The van der Waals surface area contributed by atoms with Gasteiger partial charge in [-0.2, -0.15) is 10.5 Å². The van der Waals surface area contributed by atoms with Gasteiger partial charge in [0.25, 0.3) is 0 Å². The highest BCUT2D eigenvalue weighted by atomic mass is 14.9. The molecule has 58 heavy (non-hydrogen) atoms. The van der Waals surface area contributed by atoms with Crippen molar-refractivity contribution in [1.82, 2.24) is 9.97 Å². The van der Waals surface area contributed by atoms with Crippen LogP contribution in [0.15, 0.2) is 194 Å². The average molecular weight is 737 g/mol. The molecule has 0 bridgehead atoms. The lowest BCUT2D eigenvalue weighted by molar-refractivity contribution is 1.23. The summed E-state index contributed by atoms with van der Waals surface area (Å²) < 4.78 is 0. The molecule has 0 amide bonds. The van der Waals surface area contributed by atoms with Gasteiger partial charge in [0.05, 0.1) is 34.5 Å². The van der Waals surface area contributed by atoms with Crippen LogP contribution in [0.2, 0.25) is 0 Å². The number of hydrogen-bond acceptors (Lipinski definition) is 4. The largest absolute Gasteiger partial charge is 0.227 e. The highest BCUT2D eigenvalue weighted by Gasteiger charge is 2.19. The minimum absolute atomic E-state index is 0.617. The molecule has 4 nitrogen and oxygen atoms in total. The number of rotatable bonds is 6. The van der Waals surface area contributed by atoms with Gasteiger partial charge in [0.1, 0.15) is 0 Å². The van der Waals surface area contributed by atoms with Crippen LogP contribution in [0.5, 0.6) is 0 Å². The molecule has 268 valence electrons. The topological polar surface area (TPSA) is 73.4 Å². The first-order valence-corrected chi connectivity index (χ1v) is 19.2. The van der Waals surface area contributed by atoms with Crippen molar-refractivity contribution in [3.8, 4) is 79.3 Å². The minimum atomic E-state index is 0.617. The summed E-state index contributed by atoms with van der Waals surface area (Å²) in [5.74, 6) is 0.617. The second kappa shape index (κ2) is 14.5. The van der Waals surface area contributed by atoms with E-state index >= 15 is 0 Å². The van der Waals surface area contributed by atoms with Crippen molar-refractivity contribution in [2.45, 2.75) is 0 Å². The minimum Gasteiger partial charge on any atom is -0.227 e. The number of benzene rings is 9. The van der Waals surface area contributed by atoms with E-state index in [9.17, 15) is 10.5 Å². The molecular formula is C54H32N4. The summed E-state index contributed by atoms with van der Waals surface area (Å²) in [4.78, 5) is 10.8. The Balaban J connectivity index is 1.21. The molecule has 1 heterocycles. The Hall–Kier alpha value is -8.18.